The Balaban J connectivity index is 3.26. The summed E-state index contributed by atoms with van der Waals surface area (Å²) < 4.78 is 36.9. The van der Waals surface area contributed by atoms with Crippen LogP contribution in [0.25, 0.3) is 0 Å². The highest BCUT2D eigenvalue weighted by Crippen LogP contribution is 2.30. The zero-order chi connectivity index (χ0) is 24.4. The van der Waals surface area contributed by atoms with Gasteiger partial charge in [0.1, 0.15) is 18.9 Å². The van der Waals surface area contributed by atoms with Crippen LogP contribution in [0.1, 0.15) is 41.5 Å². The van der Waals surface area contributed by atoms with Crippen LogP contribution >= 0.6 is 0 Å². The fraction of sp³-hybridized carbons (Fsp3) is 0.737. The average Bonchev–Trinajstić information content (AvgIpc) is 2.63. The van der Waals surface area contributed by atoms with Gasteiger partial charge in [0.25, 0.3) is 0 Å². The molecule has 13 heteroatoms. The van der Waals surface area contributed by atoms with Crippen LogP contribution in [0.3, 0.4) is 0 Å². The SMILES string of the molecule is CCOC(=O)N[C@@H](C)O[C@@H]1O[C@H](COC(C)=O)[C@@H](OC(C)=O)[C@H](OC(C)=O)[C@H]1OC(C)=O. The largest absolute Gasteiger partial charge is 0.463 e. The van der Waals surface area contributed by atoms with E-state index >= 15 is 0 Å². The van der Waals surface area contributed by atoms with E-state index in [0.717, 1.165) is 27.7 Å². The zero-order valence-corrected chi connectivity index (χ0v) is 18.8. The molecule has 0 aliphatic carbocycles. The van der Waals surface area contributed by atoms with Gasteiger partial charge in [-0.15, -0.1) is 0 Å². The zero-order valence-electron chi connectivity index (χ0n) is 18.8. The molecule has 1 N–H and O–H groups in total. The Morgan fingerprint density at radius 1 is 0.812 bits per heavy atom. The van der Waals surface area contributed by atoms with E-state index in [1.165, 1.54) is 6.92 Å². The molecule has 6 atom stereocenters. The van der Waals surface area contributed by atoms with E-state index < -0.39 is 73.5 Å². The molecular weight excluding hydrogens is 434 g/mol. The summed E-state index contributed by atoms with van der Waals surface area (Å²) in [6, 6.07) is 0. The molecule has 0 radical (unpaired) electrons. The first-order valence-corrected chi connectivity index (χ1v) is 9.83. The quantitative estimate of drug-likeness (QED) is 0.281. The molecule has 1 aliphatic rings. The van der Waals surface area contributed by atoms with Crippen LogP contribution in [0.15, 0.2) is 0 Å². The number of esters is 4. The van der Waals surface area contributed by atoms with Crippen LogP contribution in [0.2, 0.25) is 0 Å². The molecule has 0 spiro atoms. The molecule has 0 aromatic carbocycles. The fourth-order valence-corrected chi connectivity index (χ4v) is 2.87. The number of carbonyl (C=O) groups excluding carboxylic acids is 5. The summed E-state index contributed by atoms with van der Waals surface area (Å²) in [7, 11) is 0. The predicted molar refractivity (Wildman–Crippen MR) is 103 cm³/mol. The van der Waals surface area contributed by atoms with Gasteiger partial charge < -0.3 is 33.2 Å². The lowest BCUT2D eigenvalue weighted by molar-refractivity contribution is -0.317. The summed E-state index contributed by atoms with van der Waals surface area (Å²) in [5.74, 6) is -2.93. The van der Waals surface area contributed by atoms with Crippen molar-refractivity contribution in [2.24, 2.45) is 0 Å². The van der Waals surface area contributed by atoms with Gasteiger partial charge in [-0.1, -0.05) is 0 Å². The molecule has 0 aromatic heterocycles. The molecule has 13 nitrogen and oxygen atoms in total. The molecule has 1 rings (SSSR count). The second-order valence-corrected chi connectivity index (χ2v) is 6.71. The minimum Gasteiger partial charge on any atom is -0.463 e. The minimum absolute atomic E-state index is 0.123. The van der Waals surface area contributed by atoms with Gasteiger partial charge in [-0.05, 0) is 13.8 Å². The number of rotatable bonds is 9. The normalized spacial score (nSPS) is 25.6. The third-order valence-corrected chi connectivity index (χ3v) is 3.88. The van der Waals surface area contributed by atoms with Crippen molar-refractivity contribution in [2.45, 2.75) is 78.5 Å². The summed E-state index contributed by atoms with van der Waals surface area (Å²) >= 11 is 0. The smallest absolute Gasteiger partial charge is 0.409 e. The van der Waals surface area contributed by atoms with Crippen molar-refractivity contribution in [2.75, 3.05) is 13.2 Å². The lowest BCUT2D eigenvalue weighted by Crippen LogP contribution is -2.63. The third-order valence-electron chi connectivity index (χ3n) is 3.88. The Kier molecular flexibility index (Phi) is 10.9. The second-order valence-electron chi connectivity index (χ2n) is 6.71. The van der Waals surface area contributed by atoms with E-state index in [2.05, 4.69) is 5.32 Å². The van der Waals surface area contributed by atoms with Crippen LogP contribution < -0.4 is 5.32 Å². The van der Waals surface area contributed by atoms with Gasteiger partial charge in [0.05, 0.1) is 6.61 Å². The van der Waals surface area contributed by atoms with E-state index in [1.54, 1.807) is 6.92 Å². The number of carbonyl (C=O) groups is 5. The van der Waals surface area contributed by atoms with Gasteiger partial charge in [-0.3, -0.25) is 24.5 Å². The Labute approximate surface area is 184 Å². The van der Waals surface area contributed by atoms with Crippen LogP contribution in [-0.4, -0.2) is 80.1 Å². The molecule has 1 aliphatic heterocycles. The van der Waals surface area contributed by atoms with Crippen molar-refractivity contribution in [3.63, 3.8) is 0 Å². The third kappa shape index (κ3) is 9.06. The van der Waals surface area contributed by atoms with Gasteiger partial charge in [0.15, 0.2) is 18.3 Å². The molecular formula is C19H29NO12. The van der Waals surface area contributed by atoms with Gasteiger partial charge in [-0.25, -0.2) is 4.79 Å². The van der Waals surface area contributed by atoms with Crippen molar-refractivity contribution in [3.05, 3.63) is 0 Å². The Morgan fingerprint density at radius 2 is 1.34 bits per heavy atom. The monoisotopic (exact) mass is 463 g/mol. The summed E-state index contributed by atoms with van der Waals surface area (Å²) in [5, 5.41) is 2.38. The van der Waals surface area contributed by atoms with Crippen LogP contribution in [0, 0.1) is 0 Å². The Morgan fingerprint density at radius 3 is 1.84 bits per heavy atom. The highest BCUT2D eigenvalue weighted by Gasteiger charge is 2.53. The highest BCUT2D eigenvalue weighted by atomic mass is 16.7. The summed E-state index contributed by atoms with van der Waals surface area (Å²) in [4.78, 5) is 58.1. The number of nitrogens with one attached hydrogen (secondary N) is 1. The van der Waals surface area contributed by atoms with Crippen molar-refractivity contribution in [1.29, 1.82) is 0 Å². The van der Waals surface area contributed by atoms with Crippen molar-refractivity contribution >= 4 is 30.0 Å². The molecule has 1 saturated heterocycles. The summed E-state index contributed by atoms with van der Waals surface area (Å²) in [6.45, 7) is 7.28. The topological polar surface area (TPSA) is 162 Å². The molecule has 1 amide bonds. The molecule has 0 bridgehead atoms. The van der Waals surface area contributed by atoms with Crippen LogP contribution in [0.5, 0.6) is 0 Å². The Hall–Kier alpha value is -2.93. The van der Waals surface area contributed by atoms with E-state index in [0.29, 0.717) is 0 Å². The maximum absolute atomic E-state index is 11.7. The predicted octanol–water partition coefficient (Wildman–Crippen LogP) is 0.178. The number of amides is 1. The number of alkyl carbamates (subject to hydrolysis) is 1. The first-order chi connectivity index (χ1) is 14.9. The second kappa shape index (κ2) is 12.8. The van der Waals surface area contributed by atoms with Crippen LogP contribution in [0.4, 0.5) is 4.79 Å². The lowest BCUT2D eigenvalue weighted by Gasteiger charge is -2.44. The molecule has 1 fully saturated rings. The fourth-order valence-electron chi connectivity index (χ4n) is 2.87. The van der Waals surface area contributed by atoms with Gasteiger partial charge in [-0.2, -0.15) is 0 Å². The number of ether oxygens (including phenoxy) is 7. The highest BCUT2D eigenvalue weighted by molar-refractivity contribution is 5.69. The molecule has 0 aromatic rings. The molecule has 182 valence electrons. The number of hydrogen-bond acceptors (Lipinski definition) is 12. The van der Waals surface area contributed by atoms with Crippen molar-refractivity contribution < 1.29 is 57.1 Å². The number of hydrogen-bond donors (Lipinski definition) is 1. The Bertz CT molecular complexity index is 696. The maximum Gasteiger partial charge on any atom is 0.409 e. The van der Waals surface area contributed by atoms with Gasteiger partial charge in [0, 0.05) is 27.7 Å². The maximum atomic E-state index is 11.7. The van der Waals surface area contributed by atoms with Gasteiger partial charge in [0.2, 0.25) is 6.29 Å². The first kappa shape index (κ1) is 27.1. The van der Waals surface area contributed by atoms with Crippen molar-refractivity contribution in [3.8, 4) is 0 Å². The standard InChI is InChI=1S/C19H29NO12/c1-7-26-19(25)20-9(2)28-18-17(31-13(6)24)16(30-12(5)23)15(29-11(4)22)14(32-18)8-27-10(3)21/h9,14-18H,7-8H2,1-6H3,(H,20,25)/t9-,14-,15-,16+,17-,18-/m1/s1. The van der Waals surface area contributed by atoms with E-state index in [-0.39, 0.29) is 6.61 Å². The lowest BCUT2D eigenvalue weighted by atomic mass is 9.98. The van der Waals surface area contributed by atoms with Gasteiger partial charge >= 0.3 is 30.0 Å². The summed E-state index contributed by atoms with van der Waals surface area (Å²) in [5.41, 5.74) is 0. The van der Waals surface area contributed by atoms with Crippen molar-refractivity contribution in [1.82, 2.24) is 5.32 Å². The molecule has 0 saturated carbocycles. The molecule has 0 unspecified atom stereocenters. The molecule has 1 heterocycles. The van der Waals surface area contributed by atoms with E-state index in [4.69, 9.17) is 33.2 Å². The van der Waals surface area contributed by atoms with E-state index in [1.807, 2.05) is 0 Å². The average molecular weight is 463 g/mol. The first-order valence-electron chi connectivity index (χ1n) is 9.83. The molecule has 32 heavy (non-hydrogen) atoms. The van der Waals surface area contributed by atoms with Crippen LogP contribution in [-0.2, 0) is 52.3 Å². The summed E-state index contributed by atoms with van der Waals surface area (Å²) in [6.07, 6.45) is -8.39. The minimum atomic E-state index is -1.41. The van der Waals surface area contributed by atoms with E-state index in [9.17, 15) is 24.0 Å².